The number of amides is 1. The molecule has 0 unspecified atom stereocenters. The van der Waals surface area contributed by atoms with Crippen LogP contribution in [0.5, 0.6) is 0 Å². The van der Waals surface area contributed by atoms with Gasteiger partial charge in [-0.2, -0.15) is 0 Å². The van der Waals surface area contributed by atoms with Crippen LogP contribution in [0.3, 0.4) is 0 Å². The summed E-state index contributed by atoms with van der Waals surface area (Å²) in [5, 5.41) is 12.5. The number of nitrogens with two attached hydrogens (primary N) is 1. The van der Waals surface area contributed by atoms with Gasteiger partial charge in [0.15, 0.2) is 0 Å². The van der Waals surface area contributed by atoms with Crippen molar-refractivity contribution in [2.75, 3.05) is 25.5 Å². The number of anilines is 1. The van der Waals surface area contributed by atoms with Crippen molar-refractivity contribution in [3.8, 4) is 0 Å². The van der Waals surface area contributed by atoms with E-state index in [1.807, 2.05) is 24.3 Å². The maximum atomic E-state index is 11.8. The molecule has 0 bridgehead atoms. The van der Waals surface area contributed by atoms with Gasteiger partial charge in [0.2, 0.25) is 5.91 Å². The molecule has 0 atom stereocenters. The van der Waals surface area contributed by atoms with Gasteiger partial charge in [0.25, 0.3) is 0 Å². The molecule has 1 aromatic carbocycles. The summed E-state index contributed by atoms with van der Waals surface area (Å²) in [7, 11) is 1.80. The lowest BCUT2D eigenvalue weighted by molar-refractivity contribution is -0.117. The standard InChI is InChI=1S/C14H23N3O2/c1-14(2,19)10-17(3)9-13(18)16-12-6-4-5-11(7-12)8-15/h4-7,19H,8-10,15H2,1-3H3,(H,16,18). The SMILES string of the molecule is CN(CC(=O)Nc1cccc(CN)c1)CC(C)(C)O. The number of likely N-dealkylation sites (N-methyl/N-ethyl adjacent to an activating group) is 1. The topological polar surface area (TPSA) is 78.6 Å². The van der Waals surface area contributed by atoms with Crippen molar-refractivity contribution in [3.05, 3.63) is 29.8 Å². The molecule has 106 valence electrons. The van der Waals surface area contributed by atoms with Crippen LogP contribution in [0, 0.1) is 0 Å². The first-order chi connectivity index (χ1) is 8.80. The van der Waals surface area contributed by atoms with Gasteiger partial charge >= 0.3 is 0 Å². The van der Waals surface area contributed by atoms with Crippen LogP contribution in [-0.4, -0.2) is 41.7 Å². The van der Waals surface area contributed by atoms with Crippen molar-refractivity contribution in [2.45, 2.75) is 26.0 Å². The molecule has 0 aliphatic rings. The van der Waals surface area contributed by atoms with Crippen LogP contribution in [0.4, 0.5) is 5.69 Å². The van der Waals surface area contributed by atoms with E-state index in [2.05, 4.69) is 5.32 Å². The predicted octanol–water partition coefficient (Wildman–Crippen LogP) is 0.786. The van der Waals surface area contributed by atoms with E-state index in [4.69, 9.17) is 5.73 Å². The number of nitrogens with zero attached hydrogens (tertiary/aromatic N) is 1. The normalized spacial score (nSPS) is 11.7. The largest absolute Gasteiger partial charge is 0.389 e. The number of benzene rings is 1. The van der Waals surface area contributed by atoms with Crippen LogP contribution in [0.25, 0.3) is 0 Å². The minimum Gasteiger partial charge on any atom is -0.389 e. The van der Waals surface area contributed by atoms with Crippen molar-refractivity contribution in [2.24, 2.45) is 5.73 Å². The smallest absolute Gasteiger partial charge is 0.238 e. The van der Waals surface area contributed by atoms with Crippen LogP contribution in [0.15, 0.2) is 24.3 Å². The van der Waals surface area contributed by atoms with E-state index < -0.39 is 5.60 Å². The van der Waals surface area contributed by atoms with Gasteiger partial charge in [-0.05, 0) is 38.6 Å². The molecule has 0 aliphatic carbocycles. The van der Waals surface area contributed by atoms with Crippen LogP contribution in [0.2, 0.25) is 0 Å². The first-order valence-corrected chi connectivity index (χ1v) is 6.30. The van der Waals surface area contributed by atoms with E-state index in [9.17, 15) is 9.90 Å². The van der Waals surface area contributed by atoms with Crippen molar-refractivity contribution in [1.82, 2.24) is 4.90 Å². The monoisotopic (exact) mass is 265 g/mol. The van der Waals surface area contributed by atoms with Gasteiger partial charge in [-0.15, -0.1) is 0 Å². The Kier molecular flexibility index (Phi) is 5.47. The average Bonchev–Trinajstić information content (AvgIpc) is 2.26. The fourth-order valence-electron chi connectivity index (χ4n) is 1.94. The molecule has 0 saturated carbocycles. The van der Waals surface area contributed by atoms with E-state index in [1.165, 1.54) is 0 Å². The molecule has 1 amide bonds. The van der Waals surface area contributed by atoms with Crippen molar-refractivity contribution in [3.63, 3.8) is 0 Å². The van der Waals surface area contributed by atoms with Gasteiger partial charge in [0.1, 0.15) is 0 Å². The summed E-state index contributed by atoms with van der Waals surface area (Å²) < 4.78 is 0. The summed E-state index contributed by atoms with van der Waals surface area (Å²) in [5.41, 5.74) is 6.45. The zero-order valence-electron chi connectivity index (χ0n) is 11.8. The van der Waals surface area contributed by atoms with E-state index in [1.54, 1.807) is 25.8 Å². The highest BCUT2D eigenvalue weighted by atomic mass is 16.3. The average molecular weight is 265 g/mol. The summed E-state index contributed by atoms with van der Waals surface area (Å²) in [4.78, 5) is 13.6. The summed E-state index contributed by atoms with van der Waals surface area (Å²) in [5.74, 6) is -0.110. The quantitative estimate of drug-likeness (QED) is 0.710. The summed E-state index contributed by atoms with van der Waals surface area (Å²) >= 11 is 0. The van der Waals surface area contributed by atoms with Gasteiger partial charge in [0, 0.05) is 18.8 Å². The Morgan fingerprint density at radius 3 is 2.74 bits per heavy atom. The van der Waals surface area contributed by atoms with E-state index in [0.29, 0.717) is 13.1 Å². The number of carbonyl (C=O) groups is 1. The molecule has 19 heavy (non-hydrogen) atoms. The van der Waals surface area contributed by atoms with Gasteiger partial charge in [-0.1, -0.05) is 12.1 Å². The second kappa shape index (κ2) is 6.65. The van der Waals surface area contributed by atoms with E-state index in [-0.39, 0.29) is 12.5 Å². The Morgan fingerprint density at radius 2 is 2.16 bits per heavy atom. The molecule has 1 rings (SSSR count). The minimum atomic E-state index is -0.811. The Bertz CT molecular complexity index is 427. The fourth-order valence-corrected chi connectivity index (χ4v) is 1.94. The van der Waals surface area contributed by atoms with E-state index >= 15 is 0 Å². The van der Waals surface area contributed by atoms with Crippen LogP contribution in [-0.2, 0) is 11.3 Å². The molecule has 5 nitrogen and oxygen atoms in total. The highest BCUT2D eigenvalue weighted by Gasteiger charge is 2.17. The Hall–Kier alpha value is -1.43. The first-order valence-electron chi connectivity index (χ1n) is 6.30. The second-order valence-corrected chi connectivity index (χ2v) is 5.44. The van der Waals surface area contributed by atoms with Gasteiger partial charge < -0.3 is 16.2 Å². The Labute approximate surface area is 114 Å². The maximum Gasteiger partial charge on any atom is 0.238 e. The lowest BCUT2D eigenvalue weighted by Crippen LogP contribution is -2.40. The van der Waals surface area contributed by atoms with Gasteiger partial charge in [0.05, 0.1) is 12.1 Å². The summed E-state index contributed by atoms with van der Waals surface area (Å²) in [6.45, 7) is 4.54. The highest BCUT2D eigenvalue weighted by Crippen LogP contribution is 2.10. The Balaban J connectivity index is 2.50. The van der Waals surface area contributed by atoms with Crippen molar-refractivity contribution >= 4 is 11.6 Å². The third-order valence-corrected chi connectivity index (χ3v) is 2.52. The molecule has 1 aromatic rings. The van der Waals surface area contributed by atoms with Gasteiger partial charge in [-0.25, -0.2) is 0 Å². The summed E-state index contributed by atoms with van der Waals surface area (Å²) in [6.07, 6.45) is 0. The molecule has 0 aliphatic heterocycles. The molecule has 5 heteroatoms. The Morgan fingerprint density at radius 1 is 1.47 bits per heavy atom. The number of carbonyl (C=O) groups excluding carboxylic acids is 1. The first kappa shape index (κ1) is 15.6. The zero-order valence-corrected chi connectivity index (χ0v) is 11.8. The number of aliphatic hydroxyl groups is 1. The molecule has 0 radical (unpaired) electrons. The van der Waals surface area contributed by atoms with E-state index in [0.717, 1.165) is 11.3 Å². The maximum absolute atomic E-state index is 11.8. The molecule has 0 heterocycles. The van der Waals surface area contributed by atoms with Crippen molar-refractivity contribution < 1.29 is 9.90 Å². The molecule has 0 saturated heterocycles. The van der Waals surface area contributed by atoms with Crippen LogP contribution < -0.4 is 11.1 Å². The molecule has 0 spiro atoms. The number of hydrogen-bond acceptors (Lipinski definition) is 4. The molecular formula is C14H23N3O2. The molecule has 0 fully saturated rings. The predicted molar refractivity (Wildman–Crippen MR) is 76.8 cm³/mol. The highest BCUT2D eigenvalue weighted by molar-refractivity contribution is 5.92. The summed E-state index contributed by atoms with van der Waals surface area (Å²) in [6, 6.07) is 7.45. The lowest BCUT2D eigenvalue weighted by atomic mass is 10.1. The van der Waals surface area contributed by atoms with Crippen LogP contribution >= 0.6 is 0 Å². The number of rotatable bonds is 6. The minimum absolute atomic E-state index is 0.110. The fraction of sp³-hybridized carbons (Fsp3) is 0.500. The lowest BCUT2D eigenvalue weighted by Gasteiger charge is -2.24. The number of nitrogens with one attached hydrogen (secondary N) is 1. The van der Waals surface area contributed by atoms with Crippen LogP contribution in [0.1, 0.15) is 19.4 Å². The third kappa shape index (κ3) is 6.33. The second-order valence-electron chi connectivity index (χ2n) is 5.44. The molecular weight excluding hydrogens is 242 g/mol. The number of hydrogen-bond donors (Lipinski definition) is 3. The van der Waals surface area contributed by atoms with Gasteiger partial charge in [-0.3, -0.25) is 9.69 Å². The zero-order chi connectivity index (χ0) is 14.5. The third-order valence-electron chi connectivity index (χ3n) is 2.52. The molecule has 0 aromatic heterocycles. The van der Waals surface area contributed by atoms with Crippen molar-refractivity contribution in [1.29, 1.82) is 0 Å². The molecule has 4 N–H and O–H groups in total.